The van der Waals surface area contributed by atoms with Crippen LogP contribution in [0.5, 0.6) is 0 Å². The molecule has 1 atom stereocenters. The third-order valence-electron chi connectivity index (χ3n) is 4.12. The summed E-state index contributed by atoms with van der Waals surface area (Å²) in [6, 6.07) is 6.11. The molecule has 6 nitrogen and oxygen atoms in total. The lowest BCUT2D eigenvalue weighted by molar-refractivity contribution is -0.132. The van der Waals surface area contributed by atoms with E-state index in [0.29, 0.717) is 19.4 Å². The Morgan fingerprint density at radius 1 is 1.29 bits per heavy atom. The van der Waals surface area contributed by atoms with Crippen LogP contribution in [0.25, 0.3) is 0 Å². The molecular formula is C17H21NO5S. The molecular weight excluding hydrogens is 330 g/mol. The van der Waals surface area contributed by atoms with E-state index in [4.69, 9.17) is 5.11 Å². The minimum absolute atomic E-state index is 0.0138. The summed E-state index contributed by atoms with van der Waals surface area (Å²) in [5, 5.41) is 8.87. The molecule has 130 valence electrons. The number of hydrogen-bond acceptors (Lipinski definition) is 4. The molecule has 2 rings (SSSR count). The first kappa shape index (κ1) is 18.2. The van der Waals surface area contributed by atoms with Crippen LogP contribution in [-0.2, 0) is 21.1 Å². The summed E-state index contributed by atoms with van der Waals surface area (Å²) in [7, 11) is -3.06. The number of benzene rings is 1. The lowest BCUT2D eigenvalue weighted by atomic mass is 10.1. The van der Waals surface area contributed by atoms with Crippen molar-refractivity contribution in [2.24, 2.45) is 0 Å². The fourth-order valence-electron chi connectivity index (χ4n) is 2.82. The molecule has 0 aromatic heterocycles. The Morgan fingerprint density at radius 3 is 2.46 bits per heavy atom. The first-order chi connectivity index (χ1) is 11.3. The van der Waals surface area contributed by atoms with Crippen LogP contribution in [0.1, 0.15) is 28.8 Å². The largest absolute Gasteiger partial charge is 0.478 e. The second-order valence-electron chi connectivity index (χ2n) is 5.89. The first-order valence-corrected chi connectivity index (χ1v) is 9.57. The van der Waals surface area contributed by atoms with Crippen LogP contribution in [0.2, 0.25) is 0 Å². The summed E-state index contributed by atoms with van der Waals surface area (Å²) < 4.78 is 23.3. The Labute approximate surface area is 141 Å². The summed E-state index contributed by atoms with van der Waals surface area (Å²) in [6.07, 6.45) is 2.79. The molecule has 1 aliphatic rings. The molecule has 1 fully saturated rings. The molecule has 1 amide bonds. The van der Waals surface area contributed by atoms with Crippen LogP contribution in [0.3, 0.4) is 0 Å². The molecule has 24 heavy (non-hydrogen) atoms. The number of aryl methyl sites for hydroxylation is 1. The SMILES string of the molecule is C=CCN(C(=O)CCc1ccc(C(=O)O)cc1)C1CCS(=O)(=O)C1. The second kappa shape index (κ2) is 7.61. The highest BCUT2D eigenvalue weighted by Crippen LogP contribution is 2.19. The number of carbonyl (C=O) groups excluding carboxylic acids is 1. The molecule has 7 heteroatoms. The fourth-order valence-corrected chi connectivity index (χ4v) is 4.55. The number of rotatable bonds is 7. The number of nitrogens with zero attached hydrogens (tertiary/aromatic N) is 1. The minimum atomic E-state index is -3.06. The van der Waals surface area contributed by atoms with Gasteiger partial charge in [0, 0.05) is 19.0 Å². The maximum Gasteiger partial charge on any atom is 0.335 e. The number of aromatic carboxylic acids is 1. The van der Waals surface area contributed by atoms with Crippen LogP contribution in [0, 0.1) is 0 Å². The lowest BCUT2D eigenvalue weighted by Crippen LogP contribution is -2.41. The standard InChI is InChI=1S/C17H21NO5S/c1-2-10-18(15-9-11-24(22,23)12-15)16(19)8-5-13-3-6-14(7-4-13)17(20)21/h2-4,6-7,15H,1,5,8-12H2,(H,20,21). The summed E-state index contributed by atoms with van der Waals surface area (Å²) in [4.78, 5) is 24.9. The van der Waals surface area contributed by atoms with Gasteiger partial charge in [-0.1, -0.05) is 18.2 Å². The maximum absolute atomic E-state index is 12.5. The predicted octanol–water partition coefficient (Wildman–Crippen LogP) is 1.52. The van der Waals surface area contributed by atoms with Gasteiger partial charge in [0.05, 0.1) is 17.1 Å². The van der Waals surface area contributed by atoms with E-state index in [2.05, 4.69) is 6.58 Å². The lowest BCUT2D eigenvalue weighted by Gasteiger charge is -2.27. The van der Waals surface area contributed by atoms with Gasteiger partial charge in [-0.2, -0.15) is 0 Å². The third kappa shape index (κ3) is 4.67. The average molecular weight is 351 g/mol. The van der Waals surface area contributed by atoms with Gasteiger partial charge in [-0.3, -0.25) is 4.79 Å². The zero-order valence-electron chi connectivity index (χ0n) is 13.3. The van der Waals surface area contributed by atoms with E-state index in [-0.39, 0.29) is 35.4 Å². The molecule has 0 saturated carbocycles. The zero-order valence-corrected chi connectivity index (χ0v) is 14.2. The minimum Gasteiger partial charge on any atom is -0.478 e. The Bertz CT molecular complexity index is 724. The van der Waals surface area contributed by atoms with Crippen molar-refractivity contribution in [2.75, 3.05) is 18.1 Å². The van der Waals surface area contributed by atoms with Crippen LogP contribution in [0.4, 0.5) is 0 Å². The smallest absolute Gasteiger partial charge is 0.335 e. The van der Waals surface area contributed by atoms with Crippen LogP contribution in [0.15, 0.2) is 36.9 Å². The van der Waals surface area contributed by atoms with Gasteiger partial charge in [-0.25, -0.2) is 13.2 Å². The normalized spacial score (nSPS) is 18.9. The van der Waals surface area contributed by atoms with E-state index in [1.165, 1.54) is 12.1 Å². The third-order valence-corrected chi connectivity index (χ3v) is 5.87. The predicted molar refractivity (Wildman–Crippen MR) is 90.7 cm³/mol. The highest BCUT2D eigenvalue weighted by atomic mass is 32.2. The number of hydrogen-bond donors (Lipinski definition) is 1. The van der Waals surface area contributed by atoms with Crippen molar-refractivity contribution in [1.29, 1.82) is 0 Å². The van der Waals surface area contributed by atoms with Gasteiger partial charge < -0.3 is 10.0 Å². The molecule has 0 spiro atoms. The van der Waals surface area contributed by atoms with E-state index in [1.807, 2.05) is 0 Å². The van der Waals surface area contributed by atoms with Crippen molar-refractivity contribution >= 4 is 21.7 Å². The van der Waals surface area contributed by atoms with Crippen molar-refractivity contribution < 1.29 is 23.1 Å². The number of carboxylic acids is 1. The van der Waals surface area contributed by atoms with Crippen molar-refractivity contribution in [1.82, 2.24) is 4.90 Å². The van der Waals surface area contributed by atoms with E-state index in [9.17, 15) is 18.0 Å². The summed E-state index contributed by atoms with van der Waals surface area (Å²) >= 11 is 0. The van der Waals surface area contributed by atoms with Crippen LogP contribution in [-0.4, -0.2) is 54.4 Å². The van der Waals surface area contributed by atoms with Crippen LogP contribution >= 0.6 is 0 Å². The number of carbonyl (C=O) groups is 2. The number of sulfone groups is 1. The highest BCUT2D eigenvalue weighted by Gasteiger charge is 2.33. The van der Waals surface area contributed by atoms with Gasteiger partial charge >= 0.3 is 5.97 Å². The molecule has 1 saturated heterocycles. The average Bonchev–Trinajstić information content (AvgIpc) is 2.90. The zero-order chi connectivity index (χ0) is 17.7. The van der Waals surface area contributed by atoms with E-state index < -0.39 is 15.8 Å². The van der Waals surface area contributed by atoms with Gasteiger partial charge in [-0.15, -0.1) is 6.58 Å². The molecule has 0 bridgehead atoms. The Hall–Kier alpha value is -2.15. The number of amides is 1. The molecule has 1 N–H and O–H groups in total. The second-order valence-corrected chi connectivity index (χ2v) is 8.12. The molecule has 1 aromatic carbocycles. The van der Waals surface area contributed by atoms with Crippen molar-refractivity contribution in [3.8, 4) is 0 Å². The summed E-state index contributed by atoms with van der Waals surface area (Å²) in [6.45, 7) is 3.97. The summed E-state index contributed by atoms with van der Waals surface area (Å²) in [5.74, 6) is -0.966. The van der Waals surface area contributed by atoms with E-state index in [1.54, 1.807) is 23.1 Å². The highest BCUT2D eigenvalue weighted by molar-refractivity contribution is 7.91. The fraction of sp³-hybridized carbons (Fsp3) is 0.412. The monoisotopic (exact) mass is 351 g/mol. The quantitative estimate of drug-likeness (QED) is 0.752. The van der Waals surface area contributed by atoms with E-state index in [0.717, 1.165) is 5.56 Å². The number of carboxylic acid groups (broad SMARTS) is 1. The van der Waals surface area contributed by atoms with Gasteiger partial charge in [-0.05, 0) is 30.5 Å². The molecule has 1 heterocycles. The van der Waals surface area contributed by atoms with E-state index >= 15 is 0 Å². The Kier molecular flexibility index (Phi) is 5.77. The van der Waals surface area contributed by atoms with Gasteiger partial charge in [0.2, 0.25) is 5.91 Å². The Balaban J connectivity index is 1.98. The van der Waals surface area contributed by atoms with Crippen molar-refractivity contribution in [3.63, 3.8) is 0 Å². The maximum atomic E-state index is 12.5. The first-order valence-electron chi connectivity index (χ1n) is 7.75. The topological polar surface area (TPSA) is 91.8 Å². The molecule has 0 aliphatic carbocycles. The molecule has 1 aromatic rings. The van der Waals surface area contributed by atoms with Crippen LogP contribution < -0.4 is 0 Å². The van der Waals surface area contributed by atoms with Gasteiger partial charge in [0.1, 0.15) is 0 Å². The van der Waals surface area contributed by atoms with Crippen molar-refractivity contribution in [2.45, 2.75) is 25.3 Å². The Morgan fingerprint density at radius 2 is 1.96 bits per heavy atom. The van der Waals surface area contributed by atoms with Crippen molar-refractivity contribution in [3.05, 3.63) is 48.0 Å². The molecule has 0 radical (unpaired) electrons. The molecule has 1 unspecified atom stereocenters. The summed E-state index contributed by atoms with van der Waals surface area (Å²) in [5.41, 5.74) is 1.07. The van der Waals surface area contributed by atoms with Gasteiger partial charge in [0.15, 0.2) is 9.84 Å². The van der Waals surface area contributed by atoms with Gasteiger partial charge in [0.25, 0.3) is 0 Å². The molecule has 1 aliphatic heterocycles.